The van der Waals surface area contributed by atoms with Crippen LogP contribution in [0.3, 0.4) is 0 Å². The topological polar surface area (TPSA) is 38.5 Å². The average Bonchev–Trinajstić information content (AvgIpc) is 2.45. The molecule has 108 valence electrons. The number of hydrogen-bond donors (Lipinski definition) is 1. The van der Waals surface area contributed by atoms with Gasteiger partial charge in [-0.3, -0.25) is 4.90 Å². The fourth-order valence-electron chi connectivity index (χ4n) is 2.80. The number of ether oxygens (including phenoxy) is 1. The molecule has 0 aliphatic carbocycles. The molecule has 0 amide bonds. The third-order valence-corrected chi connectivity index (χ3v) is 3.75. The number of benzene rings is 1. The van der Waals surface area contributed by atoms with Gasteiger partial charge in [0.15, 0.2) is 0 Å². The van der Waals surface area contributed by atoms with E-state index >= 15 is 0 Å². The molecule has 1 saturated heterocycles. The van der Waals surface area contributed by atoms with E-state index in [0.717, 1.165) is 23.8 Å². The van der Waals surface area contributed by atoms with Crippen molar-refractivity contribution in [3.05, 3.63) is 29.3 Å². The molecule has 0 aromatic heterocycles. The molecule has 0 radical (unpaired) electrons. The van der Waals surface area contributed by atoms with E-state index in [1.165, 1.54) is 31.5 Å². The molecule has 1 aromatic rings. The van der Waals surface area contributed by atoms with E-state index in [1.807, 2.05) is 12.1 Å². The standard InChI is InChI=1S/C17H24N2O/c1-14-5-4-10-19(12-14)13-16-11-15(6-3-9-18)7-8-17(16)20-2/h7-8,11,14H,4-5,9-10,12-13,18H2,1-2H3. The molecule has 1 aliphatic rings. The van der Waals surface area contributed by atoms with Gasteiger partial charge in [-0.25, -0.2) is 0 Å². The summed E-state index contributed by atoms with van der Waals surface area (Å²) in [5.41, 5.74) is 7.65. The summed E-state index contributed by atoms with van der Waals surface area (Å²) in [6, 6.07) is 6.12. The summed E-state index contributed by atoms with van der Waals surface area (Å²) in [4.78, 5) is 2.51. The second-order valence-electron chi connectivity index (χ2n) is 5.52. The summed E-state index contributed by atoms with van der Waals surface area (Å²) >= 11 is 0. The lowest BCUT2D eigenvalue weighted by atomic mass is 9.99. The van der Waals surface area contributed by atoms with Crippen LogP contribution < -0.4 is 10.5 Å². The second kappa shape index (κ2) is 7.33. The molecule has 1 heterocycles. The summed E-state index contributed by atoms with van der Waals surface area (Å²) in [5.74, 6) is 7.73. The lowest BCUT2D eigenvalue weighted by molar-refractivity contribution is 0.175. The molecule has 1 unspecified atom stereocenters. The normalized spacial score (nSPS) is 19.2. The van der Waals surface area contributed by atoms with Crippen LogP contribution in [0.4, 0.5) is 0 Å². The monoisotopic (exact) mass is 272 g/mol. The average molecular weight is 272 g/mol. The van der Waals surface area contributed by atoms with Crippen molar-refractivity contribution in [3.63, 3.8) is 0 Å². The van der Waals surface area contributed by atoms with Gasteiger partial charge in [0.25, 0.3) is 0 Å². The van der Waals surface area contributed by atoms with E-state index in [-0.39, 0.29) is 0 Å². The van der Waals surface area contributed by atoms with Gasteiger partial charge < -0.3 is 10.5 Å². The van der Waals surface area contributed by atoms with Gasteiger partial charge in [-0.15, -0.1) is 0 Å². The highest BCUT2D eigenvalue weighted by Gasteiger charge is 2.17. The van der Waals surface area contributed by atoms with Crippen LogP contribution in [0, 0.1) is 17.8 Å². The molecule has 0 spiro atoms. The molecule has 0 saturated carbocycles. The summed E-state index contributed by atoms with van der Waals surface area (Å²) in [6.07, 6.45) is 2.63. The first-order valence-electron chi connectivity index (χ1n) is 7.31. The molecular formula is C17H24N2O. The minimum Gasteiger partial charge on any atom is -0.496 e. The number of piperidine rings is 1. The van der Waals surface area contributed by atoms with Gasteiger partial charge in [0.05, 0.1) is 13.7 Å². The molecule has 3 heteroatoms. The van der Waals surface area contributed by atoms with Gasteiger partial charge in [0, 0.05) is 24.2 Å². The van der Waals surface area contributed by atoms with E-state index in [0.29, 0.717) is 6.54 Å². The van der Waals surface area contributed by atoms with Gasteiger partial charge in [-0.1, -0.05) is 18.8 Å². The zero-order chi connectivity index (χ0) is 14.4. The molecule has 1 aromatic carbocycles. The van der Waals surface area contributed by atoms with Crippen LogP contribution in [0.5, 0.6) is 5.75 Å². The molecule has 1 aliphatic heterocycles. The summed E-state index contributed by atoms with van der Waals surface area (Å²) in [7, 11) is 1.73. The van der Waals surface area contributed by atoms with Gasteiger partial charge in [-0.2, -0.15) is 0 Å². The van der Waals surface area contributed by atoms with Gasteiger partial charge in [0.2, 0.25) is 0 Å². The number of methoxy groups -OCH3 is 1. The molecule has 1 atom stereocenters. The number of rotatable bonds is 3. The lowest BCUT2D eigenvalue weighted by Gasteiger charge is -2.31. The maximum atomic E-state index is 5.47. The van der Waals surface area contributed by atoms with E-state index in [9.17, 15) is 0 Å². The Morgan fingerprint density at radius 3 is 3.00 bits per heavy atom. The fraction of sp³-hybridized carbons (Fsp3) is 0.529. The minimum atomic E-state index is 0.394. The third kappa shape index (κ3) is 4.00. The van der Waals surface area contributed by atoms with Crippen LogP contribution in [-0.4, -0.2) is 31.6 Å². The predicted molar refractivity (Wildman–Crippen MR) is 82.6 cm³/mol. The first kappa shape index (κ1) is 14.9. The second-order valence-corrected chi connectivity index (χ2v) is 5.52. The Hall–Kier alpha value is -1.50. The quantitative estimate of drug-likeness (QED) is 0.858. The van der Waals surface area contributed by atoms with Crippen LogP contribution in [-0.2, 0) is 6.54 Å². The Labute approximate surface area is 122 Å². The molecule has 20 heavy (non-hydrogen) atoms. The Balaban J connectivity index is 2.15. The zero-order valence-corrected chi connectivity index (χ0v) is 12.5. The van der Waals surface area contributed by atoms with Crippen LogP contribution in [0.1, 0.15) is 30.9 Å². The number of nitrogens with zero attached hydrogens (tertiary/aromatic N) is 1. The Kier molecular flexibility index (Phi) is 5.46. The fourth-order valence-corrected chi connectivity index (χ4v) is 2.80. The minimum absolute atomic E-state index is 0.394. The number of likely N-dealkylation sites (tertiary alicyclic amines) is 1. The molecule has 2 rings (SSSR count). The molecular weight excluding hydrogens is 248 g/mol. The summed E-state index contributed by atoms with van der Waals surface area (Å²) in [5, 5.41) is 0. The molecule has 1 fully saturated rings. The largest absolute Gasteiger partial charge is 0.496 e. The van der Waals surface area contributed by atoms with Crippen molar-refractivity contribution in [1.29, 1.82) is 0 Å². The highest BCUT2D eigenvalue weighted by molar-refractivity contribution is 5.44. The Bertz CT molecular complexity index is 501. The van der Waals surface area contributed by atoms with Crippen LogP contribution in [0.2, 0.25) is 0 Å². The van der Waals surface area contributed by atoms with Crippen LogP contribution in [0.15, 0.2) is 18.2 Å². The van der Waals surface area contributed by atoms with Crippen molar-refractivity contribution < 1.29 is 4.74 Å². The van der Waals surface area contributed by atoms with E-state index < -0.39 is 0 Å². The van der Waals surface area contributed by atoms with Crippen molar-refractivity contribution in [2.75, 3.05) is 26.7 Å². The van der Waals surface area contributed by atoms with Gasteiger partial charge in [-0.05, 0) is 43.5 Å². The molecule has 0 bridgehead atoms. The van der Waals surface area contributed by atoms with Gasteiger partial charge in [0.1, 0.15) is 5.75 Å². The Morgan fingerprint density at radius 2 is 2.30 bits per heavy atom. The van der Waals surface area contributed by atoms with Crippen molar-refractivity contribution in [3.8, 4) is 17.6 Å². The zero-order valence-electron chi connectivity index (χ0n) is 12.5. The van der Waals surface area contributed by atoms with Crippen molar-refractivity contribution >= 4 is 0 Å². The first-order chi connectivity index (χ1) is 9.72. The molecule has 3 nitrogen and oxygen atoms in total. The number of nitrogens with two attached hydrogens (primary N) is 1. The van der Waals surface area contributed by atoms with Crippen molar-refractivity contribution in [1.82, 2.24) is 4.90 Å². The van der Waals surface area contributed by atoms with Gasteiger partial charge >= 0.3 is 0 Å². The summed E-state index contributed by atoms with van der Waals surface area (Å²) in [6.45, 7) is 6.00. The Morgan fingerprint density at radius 1 is 1.45 bits per heavy atom. The maximum Gasteiger partial charge on any atom is 0.123 e. The van der Waals surface area contributed by atoms with Crippen LogP contribution >= 0.6 is 0 Å². The SMILES string of the molecule is COc1ccc(C#CCN)cc1CN1CCCC(C)C1. The first-order valence-corrected chi connectivity index (χ1v) is 7.31. The van der Waals surface area contributed by atoms with Crippen molar-refractivity contribution in [2.24, 2.45) is 11.7 Å². The lowest BCUT2D eigenvalue weighted by Crippen LogP contribution is -2.33. The summed E-state index contributed by atoms with van der Waals surface area (Å²) < 4.78 is 5.47. The predicted octanol–water partition coefficient (Wildman–Crippen LogP) is 2.24. The number of hydrogen-bond acceptors (Lipinski definition) is 3. The van der Waals surface area contributed by atoms with E-state index in [1.54, 1.807) is 7.11 Å². The highest BCUT2D eigenvalue weighted by atomic mass is 16.5. The smallest absolute Gasteiger partial charge is 0.123 e. The van der Waals surface area contributed by atoms with Crippen molar-refractivity contribution in [2.45, 2.75) is 26.3 Å². The maximum absolute atomic E-state index is 5.47. The van der Waals surface area contributed by atoms with E-state index in [4.69, 9.17) is 10.5 Å². The van der Waals surface area contributed by atoms with E-state index in [2.05, 4.69) is 29.7 Å². The third-order valence-electron chi connectivity index (χ3n) is 3.75. The molecule has 2 N–H and O–H groups in total. The van der Waals surface area contributed by atoms with Crippen LogP contribution in [0.25, 0.3) is 0 Å². The highest BCUT2D eigenvalue weighted by Crippen LogP contribution is 2.24.